The molecular weight excluding hydrogens is 210 g/mol. The summed E-state index contributed by atoms with van der Waals surface area (Å²) in [4.78, 5) is 0. The Balaban J connectivity index is 2.16. The first kappa shape index (κ1) is 10.2. The average molecular weight is 223 g/mol. The predicted molar refractivity (Wildman–Crippen MR) is 64.2 cm³/mol. The van der Waals surface area contributed by atoms with Gasteiger partial charge in [-0.05, 0) is 25.0 Å². The minimum absolute atomic E-state index is 0.129. The summed E-state index contributed by atoms with van der Waals surface area (Å²) in [6.45, 7) is 2.90. The number of rotatable bonds is 0. The normalized spacial score (nSPS) is 33.1. The van der Waals surface area contributed by atoms with Gasteiger partial charge >= 0.3 is 0 Å². The number of hydrogen-bond acceptors (Lipinski definition) is 3. The highest BCUT2D eigenvalue weighted by molar-refractivity contribution is 5.63. The van der Waals surface area contributed by atoms with E-state index in [1.807, 2.05) is 6.92 Å². The number of nitrogens with one attached hydrogen (secondary N) is 1. The lowest BCUT2D eigenvalue weighted by molar-refractivity contribution is 0.578. The third-order valence-corrected chi connectivity index (χ3v) is 4.14. The maximum Gasteiger partial charge on any atom is 0.0742 e. The Morgan fingerprint density at radius 2 is 2.00 bits per heavy atom. The summed E-state index contributed by atoms with van der Waals surface area (Å²) >= 11 is 0. The zero-order valence-corrected chi connectivity index (χ0v) is 9.70. The fraction of sp³-hybridized carbons (Fsp3) is 0.429. The van der Waals surface area contributed by atoms with Gasteiger partial charge in [0.1, 0.15) is 0 Å². The fourth-order valence-electron chi connectivity index (χ4n) is 3.20. The van der Waals surface area contributed by atoms with E-state index in [9.17, 15) is 10.5 Å². The van der Waals surface area contributed by atoms with Crippen LogP contribution in [0.15, 0.2) is 18.2 Å². The van der Waals surface area contributed by atoms with Crippen molar-refractivity contribution < 1.29 is 0 Å². The number of nitrogens with zero attached hydrogens (tertiary/aromatic N) is 2. The summed E-state index contributed by atoms with van der Waals surface area (Å²) < 4.78 is 0. The fourth-order valence-corrected chi connectivity index (χ4v) is 3.20. The van der Waals surface area contributed by atoms with Crippen LogP contribution in [-0.4, -0.2) is 6.54 Å². The summed E-state index contributed by atoms with van der Waals surface area (Å²) in [7, 11) is 0. The first-order valence-electron chi connectivity index (χ1n) is 5.88. The van der Waals surface area contributed by atoms with E-state index < -0.39 is 0 Å². The highest BCUT2D eigenvalue weighted by Crippen LogP contribution is 2.64. The first-order valence-corrected chi connectivity index (χ1v) is 5.88. The number of hydrogen-bond donors (Lipinski definition) is 1. The monoisotopic (exact) mass is 223 g/mol. The predicted octanol–water partition coefficient (Wildman–Crippen LogP) is 2.34. The molecule has 84 valence electrons. The summed E-state index contributed by atoms with van der Waals surface area (Å²) in [6.07, 6.45) is 0.889. The second-order valence-corrected chi connectivity index (χ2v) is 4.98. The van der Waals surface area contributed by atoms with Gasteiger partial charge < -0.3 is 5.32 Å². The zero-order valence-electron chi connectivity index (χ0n) is 9.70. The van der Waals surface area contributed by atoms with Gasteiger partial charge in [0.2, 0.25) is 0 Å². The van der Waals surface area contributed by atoms with Crippen molar-refractivity contribution >= 4 is 5.69 Å². The molecule has 0 amide bonds. The molecule has 2 atom stereocenters. The van der Waals surface area contributed by atoms with Crippen LogP contribution in [0, 0.1) is 41.4 Å². The third kappa shape index (κ3) is 1.14. The molecule has 2 aliphatic rings. The Morgan fingerprint density at radius 1 is 1.29 bits per heavy atom. The van der Waals surface area contributed by atoms with Gasteiger partial charge in [0.15, 0.2) is 0 Å². The van der Waals surface area contributed by atoms with Gasteiger partial charge in [0.05, 0.1) is 24.0 Å². The lowest BCUT2D eigenvalue weighted by Gasteiger charge is -2.27. The number of anilines is 1. The molecule has 1 heterocycles. The van der Waals surface area contributed by atoms with Crippen molar-refractivity contribution in [2.75, 3.05) is 11.9 Å². The van der Waals surface area contributed by atoms with Crippen LogP contribution in [0.25, 0.3) is 0 Å². The van der Waals surface area contributed by atoms with E-state index in [-0.39, 0.29) is 17.3 Å². The van der Waals surface area contributed by atoms with Crippen molar-refractivity contribution in [1.82, 2.24) is 0 Å². The van der Waals surface area contributed by atoms with Crippen molar-refractivity contribution in [2.24, 2.45) is 11.8 Å². The van der Waals surface area contributed by atoms with Crippen molar-refractivity contribution in [1.29, 1.82) is 10.5 Å². The molecule has 1 fully saturated rings. The molecule has 1 spiro atoms. The van der Waals surface area contributed by atoms with E-state index >= 15 is 0 Å². The summed E-state index contributed by atoms with van der Waals surface area (Å²) in [5, 5.41) is 21.8. The van der Waals surface area contributed by atoms with Crippen LogP contribution in [-0.2, 0) is 5.41 Å². The van der Waals surface area contributed by atoms with Crippen LogP contribution in [0.1, 0.15) is 17.5 Å². The standard InChI is InChI=1S/C14H13N3/c1-9-2-3-13-10(6-9)14(4-5-17-13)11(7-15)12(14)8-16/h2-3,6,11-12,17H,4-5H2,1H3. The molecule has 1 N–H and O–H groups in total. The van der Waals surface area contributed by atoms with E-state index in [4.69, 9.17) is 0 Å². The molecule has 3 heteroatoms. The van der Waals surface area contributed by atoms with Crippen molar-refractivity contribution in [3.63, 3.8) is 0 Å². The Labute approximate surface area is 101 Å². The van der Waals surface area contributed by atoms with Crippen LogP contribution >= 0.6 is 0 Å². The van der Waals surface area contributed by atoms with Gasteiger partial charge in [-0.2, -0.15) is 10.5 Å². The molecule has 2 unspecified atom stereocenters. The Hall–Kier alpha value is -2.00. The maximum absolute atomic E-state index is 9.20. The minimum atomic E-state index is -0.198. The molecule has 3 nitrogen and oxygen atoms in total. The third-order valence-electron chi connectivity index (χ3n) is 4.14. The molecule has 3 rings (SSSR count). The Kier molecular flexibility index (Phi) is 1.94. The molecule has 0 aromatic heterocycles. The number of aryl methyl sites for hydroxylation is 1. The summed E-state index contributed by atoms with van der Waals surface area (Å²) in [5.74, 6) is -0.259. The highest BCUT2D eigenvalue weighted by atomic mass is 14.9. The van der Waals surface area contributed by atoms with Crippen molar-refractivity contribution in [2.45, 2.75) is 18.8 Å². The van der Waals surface area contributed by atoms with E-state index in [0.717, 1.165) is 18.7 Å². The van der Waals surface area contributed by atoms with E-state index in [1.54, 1.807) is 0 Å². The number of fused-ring (bicyclic) bond motifs is 2. The summed E-state index contributed by atoms with van der Waals surface area (Å²) in [5.41, 5.74) is 3.25. The second kappa shape index (κ2) is 3.25. The van der Waals surface area contributed by atoms with Gasteiger partial charge in [-0.3, -0.25) is 0 Å². The number of nitriles is 2. The molecule has 1 aliphatic carbocycles. The molecular formula is C14H13N3. The van der Waals surface area contributed by atoms with Gasteiger partial charge in [-0.25, -0.2) is 0 Å². The van der Waals surface area contributed by atoms with E-state index in [0.29, 0.717) is 0 Å². The van der Waals surface area contributed by atoms with Crippen LogP contribution in [0.4, 0.5) is 5.69 Å². The molecule has 1 aromatic carbocycles. The van der Waals surface area contributed by atoms with Crippen LogP contribution in [0.5, 0.6) is 0 Å². The molecule has 17 heavy (non-hydrogen) atoms. The quantitative estimate of drug-likeness (QED) is 0.734. The smallest absolute Gasteiger partial charge is 0.0742 e. The Bertz CT molecular complexity index is 542. The average Bonchev–Trinajstić information content (AvgIpc) is 2.97. The van der Waals surface area contributed by atoms with Crippen molar-refractivity contribution in [3.8, 4) is 12.1 Å². The second-order valence-electron chi connectivity index (χ2n) is 4.98. The highest BCUT2D eigenvalue weighted by Gasteiger charge is 2.67. The molecule has 0 bridgehead atoms. The van der Waals surface area contributed by atoms with Crippen LogP contribution < -0.4 is 5.32 Å². The summed E-state index contributed by atoms with van der Waals surface area (Å²) in [6, 6.07) is 10.9. The van der Waals surface area contributed by atoms with E-state index in [1.165, 1.54) is 11.1 Å². The SMILES string of the molecule is Cc1ccc2c(c1)C1(CCN2)C(C#N)C1C#N. The number of benzene rings is 1. The molecule has 0 radical (unpaired) electrons. The van der Waals surface area contributed by atoms with Crippen LogP contribution in [0.3, 0.4) is 0 Å². The zero-order chi connectivity index (χ0) is 12.0. The lowest BCUT2D eigenvalue weighted by Crippen LogP contribution is -2.25. The van der Waals surface area contributed by atoms with Crippen LogP contribution in [0.2, 0.25) is 0 Å². The van der Waals surface area contributed by atoms with Gasteiger partial charge in [-0.15, -0.1) is 0 Å². The molecule has 0 saturated heterocycles. The molecule has 1 aromatic rings. The molecule has 1 aliphatic heterocycles. The van der Waals surface area contributed by atoms with Gasteiger partial charge in [0.25, 0.3) is 0 Å². The largest absolute Gasteiger partial charge is 0.385 e. The minimum Gasteiger partial charge on any atom is -0.385 e. The van der Waals surface area contributed by atoms with Crippen molar-refractivity contribution in [3.05, 3.63) is 29.3 Å². The topological polar surface area (TPSA) is 59.6 Å². The van der Waals surface area contributed by atoms with E-state index in [2.05, 4.69) is 35.7 Å². The van der Waals surface area contributed by atoms with Gasteiger partial charge in [-0.1, -0.05) is 17.7 Å². The Morgan fingerprint density at radius 3 is 2.65 bits per heavy atom. The van der Waals surface area contributed by atoms with Gasteiger partial charge in [0, 0.05) is 17.6 Å². The first-order chi connectivity index (χ1) is 8.24. The maximum atomic E-state index is 9.20. The lowest BCUT2D eigenvalue weighted by atomic mass is 9.83. The molecule has 1 saturated carbocycles.